The summed E-state index contributed by atoms with van der Waals surface area (Å²) in [5.41, 5.74) is 1.53. The van der Waals surface area contributed by atoms with Crippen molar-refractivity contribution in [2.45, 2.75) is 31.6 Å². The van der Waals surface area contributed by atoms with Crippen molar-refractivity contribution in [2.75, 3.05) is 20.3 Å². The molecule has 3 aromatic heterocycles. The second-order valence-corrected chi connectivity index (χ2v) is 7.51. The third kappa shape index (κ3) is 4.02. The van der Waals surface area contributed by atoms with Gasteiger partial charge in [-0.2, -0.15) is 0 Å². The fourth-order valence-corrected chi connectivity index (χ4v) is 3.91. The van der Waals surface area contributed by atoms with Gasteiger partial charge in [0.15, 0.2) is 17.2 Å². The van der Waals surface area contributed by atoms with Crippen molar-refractivity contribution in [1.29, 1.82) is 0 Å². The summed E-state index contributed by atoms with van der Waals surface area (Å²) < 4.78 is 38.5. The van der Waals surface area contributed by atoms with Crippen LogP contribution in [0, 0.1) is 0 Å². The molecule has 0 amide bonds. The Kier molecular flexibility index (Phi) is 5.97. The van der Waals surface area contributed by atoms with E-state index in [9.17, 15) is 13.6 Å². The number of halogens is 3. The number of hydrogen-bond acceptors (Lipinski definition) is 5. The summed E-state index contributed by atoms with van der Waals surface area (Å²) >= 11 is 6.51. The van der Waals surface area contributed by atoms with E-state index in [-0.39, 0.29) is 23.1 Å². The molecule has 4 heterocycles. The van der Waals surface area contributed by atoms with E-state index in [1.54, 1.807) is 10.6 Å². The topological polar surface area (TPSA) is 65.7 Å². The summed E-state index contributed by atoms with van der Waals surface area (Å²) in [7, 11) is 1.49. The summed E-state index contributed by atoms with van der Waals surface area (Å²) in [5, 5.41) is 0.271. The largest absolute Gasteiger partial charge is 0.491 e. The fraction of sp³-hybridized carbons (Fsp3) is 0.381. The molecule has 4 rings (SSSR count). The zero-order valence-electron chi connectivity index (χ0n) is 16.3. The maximum absolute atomic E-state index is 12.9. The van der Waals surface area contributed by atoms with Gasteiger partial charge < -0.3 is 13.9 Å². The first-order chi connectivity index (χ1) is 14.5. The van der Waals surface area contributed by atoms with Crippen LogP contribution in [0.5, 0.6) is 5.75 Å². The van der Waals surface area contributed by atoms with E-state index in [1.165, 1.54) is 25.3 Å². The van der Waals surface area contributed by atoms with Gasteiger partial charge in [0, 0.05) is 37.9 Å². The van der Waals surface area contributed by atoms with Crippen LogP contribution in [0.4, 0.5) is 8.78 Å². The van der Waals surface area contributed by atoms with Crippen molar-refractivity contribution >= 4 is 23.0 Å². The van der Waals surface area contributed by atoms with Crippen LogP contribution in [0.15, 0.2) is 30.6 Å². The molecule has 1 fully saturated rings. The lowest BCUT2D eigenvalue weighted by molar-refractivity contribution is 0.0846. The molecule has 0 spiro atoms. The molecule has 0 unspecified atom stereocenters. The van der Waals surface area contributed by atoms with Gasteiger partial charge in [-0.15, -0.1) is 0 Å². The zero-order chi connectivity index (χ0) is 21.3. The van der Waals surface area contributed by atoms with Gasteiger partial charge in [-0.05, 0) is 30.5 Å². The van der Waals surface area contributed by atoms with Gasteiger partial charge in [0.05, 0.1) is 17.8 Å². The average molecular weight is 436 g/mol. The van der Waals surface area contributed by atoms with Crippen molar-refractivity contribution in [2.24, 2.45) is 0 Å². The first-order valence-electron chi connectivity index (χ1n) is 9.58. The molecule has 1 saturated heterocycles. The Morgan fingerprint density at radius 2 is 2.07 bits per heavy atom. The number of ketones is 1. The molecule has 0 aliphatic carbocycles. The molecule has 0 N–H and O–H groups in total. The number of rotatable bonds is 6. The highest BCUT2D eigenvalue weighted by molar-refractivity contribution is 6.33. The molecule has 0 saturated carbocycles. The third-order valence-electron chi connectivity index (χ3n) is 5.20. The number of fused-ring (bicyclic) bond motifs is 1. The fourth-order valence-electron chi connectivity index (χ4n) is 3.63. The Bertz CT molecular complexity index is 1080. The number of nitrogens with zero attached hydrogens (tertiary/aromatic N) is 3. The Morgan fingerprint density at radius 3 is 2.77 bits per heavy atom. The Hall–Kier alpha value is -2.58. The highest BCUT2D eigenvalue weighted by Crippen LogP contribution is 2.35. The molecule has 1 aliphatic rings. The van der Waals surface area contributed by atoms with Gasteiger partial charge in [0.2, 0.25) is 0 Å². The number of aromatic nitrogens is 3. The second kappa shape index (κ2) is 8.65. The monoisotopic (exact) mass is 435 g/mol. The summed E-state index contributed by atoms with van der Waals surface area (Å²) in [4.78, 5) is 21.1. The lowest BCUT2D eigenvalue weighted by atomic mass is 9.97. The van der Waals surface area contributed by atoms with Crippen molar-refractivity contribution in [3.05, 3.63) is 58.3 Å². The molecule has 0 aromatic carbocycles. The van der Waals surface area contributed by atoms with Crippen molar-refractivity contribution < 1.29 is 23.0 Å². The van der Waals surface area contributed by atoms with Crippen LogP contribution in [-0.4, -0.2) is 40.5 Å². The molecule has 1 aliphatic heterocycles. The van der Waals surface area contributed by atoms with Crippen LogP contribution < -0.4 is 4.74 Å². The Morgan fingerprint density at radius 1 is 1.30 bits per heavy atom. The number of ether oxygens (including phenoxy) is 2. The van der Waals surface area contributed by atoms with Gasteiger partial charge >= 0.3 is 0 Å². The van der Waals surface area contributed by atoms with Crippen LogP contribution >= 0.6 is 11.6 Å². The molecule has 6 nitrogen and oxygen atoms in total. The highest BCUT2D eigenvalue weighted by Gasteiger charge is 2.23. The normalized spacial score (nSPS) is 15.1. The standard InChI is InChI=1S/C21H20ClF2N3O3/c1-29-19-18(22)13(9-17(28)14-3-2-4-15(25-14)20(23)24)10-27-11-16(26-21(19)27)12-5-7-30-8-6-12/h2-4,10-12,20H,5-9H2,1H3. The minimum Gasteiger partial charge on any atom is -0.491 e. The van der Waals surface area contributed by atoms with Crippen LogP contribution in [-0.2, 0) is 11.2 Å². The lowest BCUT2D eigenvalue weighted by Crippen LogP contribution is -2.14. The van der Waals surface area contributed by atoms with Crippen LogP contribution in [0.2, 0.25) is 5.02 Å². The van der Waals surface area contributed by atoms with Crippen molar-refractivity contribution in [3.8, 4) is 5.75 Å². The number of pyridine rings is 2. The average Bonchev–Trinajstić information content (AvgIpc) is 3.18. The predicted octanol–water partition coefficient (Wildman–Crippen LogP) is 4.65. The molecule has 0 radical (unpaired) electrons. The third-order valence-corrected chi connectivity index (χ3v) is 5.62. The van der Waals surface area contributed by atoms with E-state index in [0.29, 0.717) is 30.2 Å². The van der Waals surface area contributed by atoms with E-state index in [4.69, 9.17) is 26.1 Å². The van der Waals surface area contributed by atoms with Crippen LogP contribution in [0.3, 0.4) is 0 Å². The summed E-state index contributed by atoms with van der Waals surface area (Å²) in [6.07, 6.45) is 2.57. The number of imidazole rings is 1. The summed E-state index contributed by atoms with van der Waals surface area (Å²) in [5.74, 6) is 0.244. The molecule has 0 atom stereocenters. The smallest absolute Gasteiger partial charge is 0.280 e. The van der Waals surface area contributed by atoms with E-state index in [2.05, 4.69) is 4.98 Å². The second-order valence-electron chi connectivity index (χ2n) is 7.13. The van der Waals surface area contributed by atoms with Gasteiger partial charge in [-0.3, -0.25) is 4.79 Å². The predicted molar refractivity (Wildman–Crippen MR) is 107 cm³/mol. The van der Waals surface area contributed by atoms with E-state index in [1.807, 2.05) is 6.20 Å². The molecule has 158 valence electrons. The van der Waals surface area contributed by atoms with E-state index >= 15 is 0 Å². The Labute approximate surface area is 176 Å². The molecule has 9 heteroatoms. The van der Waals surface area contributed by atoms with E-state index < -0.39 is 17.9 Å². The number of carbonyl (C=O) groups excluding carboxylic acids is 1. The molecular weight excluding hydrogens is 416 g/mol. The zero-order valence-corrected chi connectivity index (χ0v) is 17.0. The summed E-state index contributed by atoms with van der Waals surface area (Å²) in [6, 6.07) is 3.99. The number of alkyl halides is 2. The van der Waals surface area contributed by atoms with Gasteiger partial charge in [-0.1, -0.05) is 17.7 Å². The number of hydrogen-bond donors (Lipinski definition) is 0. The maximum atomic E-state index is 12.9. The maximum Gasteiger partial charge on any atom is 0.280 e. The highest BCUT2D eigenvalue weighted by atomic mass is 35.5. The van der Waals surface area contributed by atoms with Gasteiger partial charge in [-0.25, -0.2) is 18.7 Å². The first kappa shape index (κ1) is 20.7. The number of Topliss-reactive ketones (excluding diaryl/α,β-unsaturated/α-hetero) is 1. The summed E-state index contributed by atoms with van der Waals surface area (Å²) in [6.45, 7) is 1.39. The van der Waals surface area contributed by atoms with Gasteiger partial charge in [0.25, 0.3) is 6.43 Å². The van der Waals surface area contributed by atoms with Crippen molar-refractivity contribution in [1.82, 2.24) is 14.4 Å². The number of carbonyl (C=O) groups is 1. The first-order valence-corrected chi connectivity index (χ1v) is 9.95. The molecule has 3 aromatic rings. The number of methoxy groups -OCH3 is 1. The lowest BCUT2D eigenvalue weighted by Gasteiger charge is -2.19. The van der Waals surface area contributed by atoms with Crippen LogP contribution in [0.25, 0.3) is 5.65 Å². The SMILES string of the molecule is COc1c(Cl)c(CC(=O)c2cccc(C(F)F)n2)cn2cc(C3CCOCC3)nc12. The van der Waals surface area contributed by atoms with E-state index in [0.717, 1.165) is 18.5 Å². The quantitative estimate of drug-likeness (QED) is 0.527. The molecule has 0 bridgehead atoms. The Balaban J connectivity index is 1.67. The van der Waals surface area contributed by atoms with Crippen molar-refractivity contribution in [3.63, 3.8) is 0 Å². The molecular formula is C21H20ClF2N3O3. The minimum atomic E-state index is -2.74. The minimum absolute atomic E-state index is 0.0311. The van der Waals surface area contributed by atoms with Crippen LogP contribution in [0.1, 0.15) is 52.6 Å². The molecule has 30 heavy (non-hydrogen) atoms. The van der Waals surface area contributed by atoms with Gasteiger partial charge in [0.1, 0.15) is 11.4 Å².